The molecule has 8 heteroatoms. The van der Waals surface area contributed by atoms with Gasteiger partial charge in [-0.1, -0.05) is 23.2 Å². The number of nitrogens with one attached hydrogen (secondary N) is 1. The van der Waals surface area contributed by atoms with Gasteiger partial charge in [0, 0.05) is 5.02 Å². The van der Waals surface area contributed by atoms with Crippen molar-refractivity contribution in [3.05, 3.63) is 79.3 Å². The molecule has 0 unspecified atom stereocenters. The lowest BCUT2D eigenvalue weighted by Crippen LogP contribution is -2.16. The molecule has 148 valence electrons. The first kappa shape index (κ1) is 19.3. The fourth-order valence-corrected chi connectivity index (χ4v) is 3.58. The van der Waals surface area contributed by atoms with Gasteiger partial charge in [0.15, 0.2) is 16.3 Å². The van der Waals surface area contributed by atoms with E-state index in [9.17, 15) is 9.90 Å². The Morgan fingerprint density at radius 2 is 1.97 bits per heavy atom. The molecular weight excluding hydrogens is 412 g/mol. The van der Waals surface area contributed by atoms with E-state index in [1.807, 2.05) is 25.1 Å². The minimum atomic E-state index is -0.456. The largest absolute Gasteiger partial charge is 0.494 e. The van der Waals surface area contributed by atoms with Gasteiger partial charge >= 0.3 is 0 Å². The highest BCUT2D eigenvalue weighted by atomic mass is 35.5. The Labute approximate surface area is 176 Å². The number of aromatic hydroxyl groups is 1. The summed E-state index contributed by atoms with van der Waals surface area (Å²) in [5.74, 6) is 1.19. The number of aromatic amines is 1. The Morgan fingerprint density at radius 1 is 1.24 bits per heavy atom. The molecule has 29 heavy (non-hydrogen) atoms. The van der Waals surface area contributed by atoms with Crippen molar-refractivity contribution in [2.45, 2.75) is 13.3 Å². The van der Waals surface area contributed by atoms with Crippen LogP contribution in [0.4, 0.5) is 0 Å². The van der Waals surface area contributed by atoms with Gasteiger partial charge in [0.2, 0.25) is 12.7 Å². The second-order valence-electron chi connectivity index (χ2n) is 6.66. The third-order valence-electron chi connectivity index (χ3n) is 4.52. The summed E-state index contributed by atoms with van der Waals surface area (Å²) in [5, 5.41) is 11.3. The number of halogens is 1. The molecule has 0 bridgehead atoms. The number of rotatable bonds is 4. The molecule has 1 aliphatic heterocycles. The molecular formula is C21H17ClN2O4S. The third kappa shape index (κ3) is 3.92. The van der Waals surface area contributed by atoms with Gasteiger partial charge in [0.05, 0.1) is 5.69 Å². The van der Waals surface area contributed by atoms with E-state index < -0.39 is 5.56 Å². The fraction of sp³-hybridized carbons (Fsp3) is 0.143. The summed E-state index contributed by atoms with van der Waals surface area (Å²) in [7, 11) is 0. The van der Waals surface area contributed by atoms with Gasteiger partial charge in [-0.3, -0.25) is 14.3 Å². The number of nitrogens with zero attached hydrogens (tertiary/aromatic N) is 1. The maximum absolute atomic E-state index is 12.4. The van der Waals surface area contributed by atoms with Crippen LogP contribution in [0.5, 0.6) is 17.4 Å². The van der Waals surface area contributed by atoms with E-state index >= 15 is 0 Å². The van der Waals surface area contributed by atoms with Crippen LogP contribution in [0.25, 0.3) is 11.8 Å². The van der Waals surface area contributed by atoms with E-state index in [4.69, 9.17) is 33.3 Å². The number of ether oxygens (including phenoxy) is 2. The average Bonchev–Trinajstić information content (AvgIpc) is 3.14. The van der Waals surface area contributed by atoms with E-state index in [0.29, 0.717) is 22.9 Å². The van der Waals surface area contributed by atoms with Crippen LogP contribution in [0.2, 0.25) is 5.02 Å². The van der Waals surface area contributed by atoms with Crippen molar-refractivity contribution in [1.29, 1.82) is 0 Å². The first-order valence-electron chi connectivity index (χ1n) is 8.82. The molecule has 0 saturated carbocycles. The monoisotopic (exact) mass is 428 g/mol. The fourth-order valence-electron chi connectivity index (χ4n) is 3.17. The van der Waals surface area contributed by atoms with E-state index in [1.165, 1.54) is 4.57 Å². The maximum Gasteiger partial charge on any atom is 0.262 e. The summed E-state index contributed by atoms with van der Waals surface area (Å²) >= 11 is 11.2. The van der Waals surface area contributed by atoms with Gasteiger partial charge in [-0.05, 0) is 73.6 Å². The first-order chi connectivity index (χ1) is 13.9. The molecule has 0 amide bonds. The Hall–Kier alpha value is -3.03. The number of aromatic nitrogens is 2. The lowest BCUT2D eigenvalue weighted by molar-refractivity contribution is 0.174. The quantitative estimate of drug-likeness (QED) is 0.592. The van der Waals surface area contributed by atoms with Crippen molar-refractivity contribution in [2.75, 3.05) is 6.79 Å². The van der Waals surface area contributed by atoms with Crippen LogP contribution >= 0.6 is 23.8 Å². The molecule has 0 saturated heterocycles. The van der Waals surface area contributed by atoms with Crippen LogP contribution in [0.3, 0.4) is 0 Å². The molecule has 0 spiro atoms. The maximum atomic E-state index is 12.4. The van der Waals surface area contributed by atoms with Gasteiger partial charge in [0.25, 0.3) is 5.56 Å². The normalized spacial score (nSPS) is 13.0. The molecule has 2 aromatic carbocycles. The van der Waals surface area contributed by atoms with Gasteiger partial charge in [-0.15, -0.1) is 0 Å². The summed E-state index contributed by atoms with van der Waals surface area (Å²) in [4.78, 5) is 15.1. The van der Waals surface area contributed by atoms with E-state index in [-0.39, 0.29) is 23.0 Å². The van der Waals surface area contributed by atoms with Crippen LogP contribution in [-0.4, -0.2) is 21.5 Å². The zero-order valence-electron chi connectivity index (χ0n) is 15.4. The number of allylic oxidation sites excluding steroid dienone is 1. The van der Waals surface area contributed by atoms with Crippen molar-refractivity contribution in [2.24, 2.45) is 0 Å². The topological polar surface area (TPSA) is 76.5 Å². The van der Waals surface area contributed by atoms with Crippen LogP contribution < -0.4 is 15.0 Å². The lowest BCUT2D eigenvalue weighted by atomic mass is 10.0. The van der Waals surface area contributed by atoms with Crippen molar-refractivity contribution in [3.8, 4) is 23.1 Å². The second-order valence-corrected chi connectivity index (χ2v) is 7.49. The molecule has 0 fully saturated rings. The number of benzene rings is 2. The zero-order chi connectivity index (χ0) is 20.5. The Kier molecular flexibility index (Phi) is 5.17. The summed E-state index contributed by atoms with van der Waals surface area (Å²) in [6.07, 6.45) is 2.23. The van der Waals surface area contributed by atoms with Crippen LogP contribution in [0.1, 0.15) is 18.1 Å². The standard InChI is InChI=1S/C21H17ClN2O4S/c1-12(8-13-2-7-17-18(10-13)28-11-27-17)9-16-19(25)23-21(29)24(20(16)26)15-5-3-14(22)4-6-15/h2-7,9-10,26H,8,11H2,1H3,(H,23,25,29). The minimum absolute atomic E-state index is 0.0976. The molecule has 1 aromatic heterocycles. The first-order valence-corrected chi connectivity index (χ1v) is 9.61. The highest BCUT2D eigenvalue weighted by molar-refractivity contribution is 7.71. The smallest absolute Gasteiger partial charge is 0.262 e. The lowest BCUT2D eigenvalue weighted by Gasteiger charge is -2.12. The van der Waals surface area contributed by atoms with E-state index in [2.05, 4.69) is 4.98 Å². The molecule has 0 atom stereocenters. The summed E-state index contributed by atoms with van der Waals surface area (Å²) < 4.78 is 12.2. The van der Waals surface area contributed by atoms with Crippen LogP contribution in [0.15, 0.2) is 52.8 Å². The second kappa shape index (κ2) is 7.77. The molecule has 2 heterocycles. The molecule has 2 N–H and O–H groups in total. The van der Waals surface area contributed by atoms with E-state index in [1.54, 1.807) is 30.3 Å². The summed E-state index contributed by atoms with van der Waals surface area (Å²) in [6, 6.07) is 12.5. The third-order valence-corrected chi connectivity index (χ3v) is 5.05. The van der Waals surface area contributed by atoms with Crippen molar-refractivity contribution < 1.29 is 14.6 Å². The Bertz CT molecular complexity index is 1230. The molecule has 3 aromatic rings. The van der Waals surface area contributed by atoms with Gasteiger partial charge in [-0.25, -0.2) is 0 Å². The van der Waals surface area contributed by atoms with Gasteiger partial charge in [-0.2, -0.15) is 0 Å². The van der Waals surface area contributed by atoms with Crippen molar-refractivity contribution >= 4 is 29.9 Å². The van der Waals surface area contributed by atoms with Crippen LogP contribution in [-0.2, 0) is 6.42 Å². The Morgan fingerprint density at radius 3 is 2.72 bits per heavy atom. The molecule has 1 aliphatic rings. The molecule has 6 nitrogen and oxygen atoms in total. The Balaban J connectivity index is 1.70. The SMILES string of the molecule is CC(=Cc1c(O)n(-c2ccc(Cl)cc2)c(=S)[nH]c1=O)Cc1ccc2c(c1)OCO2. The van der Waals surface area contributed by atoms with Crippen LogP contribution in [0, 0.1) is 4.77 Å². The van der Waals surface area contributed by atoms with E-state index in [0.717, 1.165) is 16.9 Å². The molecule has 0 radical (unpaired) electrons. The molecule has 0 aliphatic carbocycles. The van der Waals surface area contributed by atoms with Gasteiger partial charge < -0.3 is 14.6 Å². The van der Waals surface area contributed by atoms with Crippen molar-refractivity contribution in [1.82, 2.24) is 9.55 Å². The highest BCUT2D eigenvalue weighted by Gasteiger charge is 2.15. The number of H-pyrrole nitrogens is 1. The highest BCUT2D eigenvalue weighted by Crippen LogP contribution is 2.33. The zero-order valence-corrected chi connectivity index (χ0v) is 17.0. The summed E-state index contributed by atoms with van der Waals surface area (Å²) in [5.41, 5.74) is 2.15. The number of hydrogen-bond donors (Lipinski definition) is 2. The predicted octanol–water partition coefficient (Wildman–Crippen LogP) is 4.63. The summed E-state index contributed by atoms with van der Waals surface area (Å²) in [6.45, 7) is 2.10. The van der Waals surface area contributed by atoms with Crippen molar-refractivity contribution in [3.63, 3.8) is 0 Å². The average molecular weight is 429 g/mol. The van der Waals surface area contributed by atoms with Gasteiger partial charge in [0.1, 0.15) is 5.56 Å². The number of fused-ring (bicyclic) bond motifs is 1. The molecule has 4 rings (SSSR count). The number of hydrogen-bond acceptors (Lipinski definition) is 5. The predicted molar refractivity (Wildman–Crippen MR) is 114 cm³/mol. The minimum Gasteiger partial charge on any atom is -0.494 e.